The minimum absolute atomic E-state index is 0.991. The molecule has 140 valence electrons. The van der Waals surface area contributed by atoms with Crippen LogP contribution in [-0.2, 0) is 0 Å². The Hall–Kier alpha value is 0.660. The average molecular weight is 362 g/mol. The monoisotopic (exact) mass is 361 g/mol. The van der Waals surface area contributed by atoms with Crippen molar-refractivity contribution < 1.29 is 0 Å². The van der Waals surface area contributed by atoms with Gasteiger partial charge in [0.05, 0.1) is 0 Å². The van der Waals surface area contributed by atoms with Crippen LogP contribution in [0.5, 0.6) is 0 Å². The first kappa shape index (κ1) is 23.7. The Morgan fingerprint density at radius 3 is 0.957 bits per heavy atom. The van der Waals surface area contributed by atoms with E-state index in [0.29, 0.717) is 0 Å². The van der Waals surface area contributed by atoms with Crippen molar-refractivity contribution in [3.05, 3.63) is 0 Å². The molecular weight excluding hydrogens is 318 g/mol. The smallest absolute Gasteiger partial charge is 0.0197 e. The topological polar surface area (TPSA) is 3.24 Å². The Kier molecular flexibility index (Phi) is 21.3. The third-order valence-electron chi connectivity index (χ3n) is 4.71. The summed E-state index contributed by atoms with van der Waals surface area (Å²) in [5.41, 5.74) is 0. The van der Waals surface area contributed by atoms with Crippen molar-refractivity contribution >= 4 is 25.6 Å². The molecule has 0 spiro atoms. The Balaban J connectivity index is 2.95. The summed E-state index contributed by atoms with van der Waals surface area (Å²) < 4.78 is 1.69. The number of thiol groups is 2. The Morgan fingerprint density at radius 1 is 0.435 bits per heavy atom. The second-order valence-corrected chi connectivity index (χ2v) is 8.39. The fourth-order valence-electron chi connectivity index (χ4n) is 3.15. The molecule has 0 rings (SSSR count). The van der Waals surface area contributed by atoms with E-state index >= 15 is 0 Å². The molecule has 0 aliphatic rings. The van der Waals surface area contributed by atoms with E-state index < -0.39 is 0 Å². The van der Waals surface area contributed by atoms with Gasteiger partial charge in [-0.15, -0.1) is 0 Å². The molecule has 1 nitrogen and oxygen atoms in total. The van der Waals surface area contributed by atoms with E-state index in [0.717, 1.165) is 6.54 Å². The summed E-state index contributed by atoms with van der Waals surface area (Å²) >= 11 is 8.26. The zero-order chi connectivity index (χ0) is 17.0. The van der Waals surface area contributed by atoms with Crippen LogP contribution < -0.4 is 0 Å². The Morgan fingerprint density at radius 2 is 0.696 bits per heavy atom. The van der Waals surface area contributed by atoms with E-state index in [1.54, 1.807) is 3.71 Å². The van der Waals surface area contributed by atoms with E-state index in [2.05, 4.69) is 32.6 Å². The van der Waals surface area contributed by atoms with Crippen LogP contribution in [0.2, 0.25) is 0 Å². The fourth-order valence-corrected chi connectivity index (χ4v) is 3.44. The first-order chi connectivity index (χ1) is 11.3. The second kappa shape index (κ2) is 20.7. The zero-order valence-electron chi connectivity index (χ0n) is 15.8. The molecule has 0 aliphatic heterocycles. The lowest BCUT2D eigenvalue weighted by molar-refractivity contribution is 0.522. The van der Waals surface area contributed by atoms with E-state index in [9.17, 15) is 0 Å². The molecule has 0 amide bonds. The van der Waals surface area contributed by atoms with Gasteiger partial charge < -0.3 is 0 Å². The average Bonchev–Trinajstić information content (AvgIpc) is 2.53. The molecule has 0 aliphatic carbocycles. The molecule has 0 aromatic heterocycles. The molecule has 0 saturated carbocycles. The van der Waals surface area contributed by atoms with E-state index in [4.69, 9.17) is 0 Å². The van der Waals surface area contributed by atoms with Gasteiger partial charge in [-0.05, 0) is 6.42 Å². The molecule has 0 heterocycles. The van der Waals surface area contributed by atoms with Crippen LogP contribution in [0.15, 0.2) is 0 Å². The summed E-state index contributed by atoms with van der Waals surface area (Å²) in [5, 5.41) is 0. The molecule has 0 saturated heterocycles. The predicted molar refractivity (Wildman–Crippen MR) is 113 cm³/mol. The highest BCUT2D eigenvalue weighted by molar-refractivity contribution is 7.93. The highest BCUT2D eigenvalue weighted by Gasteiger charge is 1.95. The highest BCUT2D eigenvalue weighted by atomic mass is 32.2. The summed E-state index contributed by atoms with van der Waals surface area (Å²) in [6.45, 7) is 3.28. The van der Waals surface area contributed by atoms with Crippen molar-refractivity contribution in [2.24, 2.45) is 0 Å². The van der Waals surface area contributed by atoms with Crippen LogP contribution in [0.1, 0.15) is 122 Å². The van der Waals surface area contributed by atoms with E-state index in [-0.39, 0.29) is 0 Å². The molecule has 0 atom stereocenters. The number of nitrogens with zero attached hydrogens (tertiary/aromatic N) is 1. The van der Waals surface area contributed by atoms with Gasteiger partial charge in [-0.2, -0.15) is 0 Å². The van der Waals surface area contributed by atoms with Gasteiger partial charge in [-0.1, -0.05) is 142 Å². The van der Waals surface area contributed by atoms with Crippen LogP contribution in [0.3, 0.4) is 0 Å². The van der Waals surface area contributed by atoms with Gasteiger partial charge in [0, 0.05) is 6.54 Å². The van der Waals surface area contributed by atoms with Crippen molar-refractivity contribution in [2.75, 3.05) is 6.54 Å². The fraction of sp³-hybridized carbons (Fsp3) is 1.00. The SMILES string of the molecule is CCCCCCCCCCCCCCCCCCCCN(S)S. The maximum absolute atomic E-state index is 4.13. The molecule has 23 heavy (non-hydrogen) atoms. The van der Waals surface area contributed by atoms with Gasteiger partial charge in [0.25, 0.3) is 0 Å². The van der Waals surface area contributed by atoms with Crippen LogP contribution >= 0.6 is 25.6 Å². The van der Waals surface area contributed by atoms with E-state index in [1.165, 1.54) is 116 Å². The maximum Gasteiger partial charge on any atom is 0.0197 e. The largest absolute Gasteiger partial charge is 0.200 e. The van der Waals surface area contributed by atoms with Crippen LogP contribution in [0, 0.1) is 0 Å². The molecule has 0 aromatic rings. The number of hydrogen-bond donors (Lipinski definition) is 2. The lowest BCUT2D eigenvalue weighted by Gasteiger charge is -2.06. The summed E-state index contributed by atoms with van der Waals surface area (Å²) in [6.07, 6.45) is 25.7. The molecule has 0 N–H and O–H groups in total. The first-order valence-corrected chi connectivity index (χ1v) is 11.2. The lowest BCUT2D eigenvalue weighted by Crippen LogP contribution is -1.99. The van der Waals surface area contributed by atoms with Crippen molar-refractivity contribution in [1.82, 2.24) is 3.71 Å². The zero-order valence-corrected chi connectivity index (χ0v) is 17.6. The predicted octanol–water partition coefficient (Wildman–Crippen LogP) is 8.02. The van der Waals surface area contributed by atoms with Gasteiger partial charge in [-0.25, -0.2) is 3.71 Å². The first-order valence-electron chi connectivity index (χ1n) is 10.4. The quantitative estimate of drug-likeness (QED) is 0.174. The standard InChI is InChI=1S/C20H43NS2/c1-2-3-4-5-6-7-8-9-10-11-12-13-14-15-16-17-18-19-20-21(22)23/h22-23H,2-20H2,1H3. The van der Waals surface area contributed by atoms with Crippen molar-refractivity contribution in [3.8, 4) is 0 Å². The van der Waals surface area contributed by atoms with Gasteiger partial charge in [0.15, 0.2) is 0 Å². The van der Waals surface area contributed by atoms with Crippen molar-refractivity contribution in [2.45, 2.75) is 122 Å². The van der Waals surface area contributed by atoms with Gasteiger partial charge >= 0.3 is 0 Å². The maximum atomic E-state index is 4.13. The molecule has 0 radical (unpaired) electrons. The van der Waals surface area contributed by atoms with Crippen molar-refractivity contribution in [1.29, 1.82) is 0 Å². The van der Waals surface area contributed by atoms with Crippen molar-refractivity contribution in [3.63, 3.8) is 0 Å². The normalized spacial score (nSPS) is 11.5. The van der Waals surface area contributed by atoms with Crippen LogP contribution in [0.25, 0.3) is 0 Å². The molecule has 3 heteroatoms. The van der Waals surface area contributed by atoms with Gasteiger partial charge in [0.1, 0.15) is 0 Å². The minimum Gasteiger partial charge on any atom is -0.200 e. The van der Waals surface area contributed by atoms with Crippen LogP contribution in [-0.4, -0.2) is 10.3 Å². The van der Waals surface area contributed by atoms with E-state index in [1.807, 2.05) is 0 Å². The Labute approximate surface area is 158 Å². The molecular formula is C20H43NS2. The number of unbranched alkanes of at least 4 members (excludes halogenated alkanes) is 17. The van der Waals surface area contributed by atoms with Gasteiger partial charge in [-0.3, -0.25) is 0 Å². The summed E-state index contributed by atoms with van der Waals surface area (Å²) in [6, 6.07) is 0. The number of rotatable bonds is 19. The molecule has 0 unspecified atom stereocenters. The second-order valence-electron chi connectivity index (χ2n) is 7.11. The molecule has 0 aromatic carbocycles. The van der Waals surface area contributed by atoms with Crippen LogP contribution in [0.4, 0.5) is 0 Å². The van der Waals surface area contributed by atoms with Gasteiger partial charge in [0.2, 0.25) is 0 Å². The summed E-state index contributed by atoms with van der Waals surface area (Å²) in [4.78, 5) is 0. The summed E-state index contributed by atoms with van der Waals surface area (Å²) in [5.74, 6) is 0. The third-order valence-corrected chi connectivity index (χ3v) is 5.11. The lowest BCUT2D eigenvalue weighted by atomic mass is 10.0. The third kappa shape index (κ3) is 22.7. The summed E-state index contributed by atoms with van der Waals surface area (Å²) in [7, 11) is 0. The molecule has 0 fully saturated rings. The number of hydrogen-bond acceptors (Lipinski definition) is 3. The highest BCUT2D eigenvalue weighted by Crippen LogP contribution is 2.14. The molecule has 0 bridgehead atoms. The Bertz CT molecular complexity index is 210. The minimum atomic E-state index is 0.991.